The molecule has 0 amide bonds. The molecule has 0 aromatic rings. The molecular formula is C11H23N. The highest BCUT2D eigenvalue weighted by atomic mass is 14.8. The molecule has 0 aromatic heterocycles. The molecule has 1 aliphatic rings. The van der Waals surface area contributed by atoms with E-state index < -0.39 is 0 Å². The monoisotopic (exact) mass is 169 g/mol. The van der Waals surface area contributed by atoms with Crippen LogP contribution in [-0.2, 0) is 0 Å². The van der Waals surface area contributed by atoms with Crippen LogP contribution in [0, 0.1) is 11.8 Å². The minimum Gasteiger partial charge on any atom is -0.316 e. The second kappa shape index (κ2) is 5.58. The normalized spacial score (nSPS) is 30.5. The second-order valence-electron chi connectivity index (χ2n) is 4.34. The van der Waals surface area contributed by atoms with Crippen molar-refractivity contribution in [2.24, 2.45) is 11.8 Å². The van der Waals surface area contributed by atoms with Crippen LogP contribution in [0.1, 0.15) is 46.0 Å². The predicted molar refractivity (Wildman–Crippen MR) is 54.3 cm³/mol. The maximum Gasteiger partial charge on any atom is -0.00204 e. The standard InChI is InChI=1S/C11H23N/c1-3-7-12-9-11-6-4-5-10(2)8-11/h10-12H,3-9H2,1-2H3. The number of nitrogens with one attached hydrogen (secondary N) is 1. The zero-order chi connectivity index (χ0) is 8.81. The van der Waals surface area contributed by atoms with Gasteiger partial charge in [-0.1, -0.05) is 26.7 Å². The van der Waals surface area contributed by atoms with Gasteiger partial charge in [0.25, 0.3) is 0 Å². The van der Waals surface area contributed by atoms with E-state index in [1.165, 1.54) is 45.2 Å². The average Bonchev–Trinajstić information content (AvgIpc) is 2.05. The smallest absolute Gasteiger partial charge is 0.00204 e. The van der Waals surface area contributed by atoms with Gasteiger partial charge in [0.2, 0.25) is 0 Å². The summed E-state index contributed by atoms with van der Waals surface area (Å²) in [6.45, 7) is 7.09. The molecule has 2 unspecified atom stereocenters. The van der Waals surface area contributed by atoms with Crippen molar-refractivity contribution in [1.82, 2.24) is 5.32 Å². The maximum absolute atomic E-state index is 3.53. The topological polar surface area (TPSA) is 12.0 Å². The fourth-order valence-corrected chi connectivity index (χ4v) is 2.23. The van der Waals surface area contributed by atoms with E-state index in [-0.39, 0.29) is 0 Å². The first-order valence-electron chi connectivity index (χ1n) is 5.53. The van der Waals surface area contributed by atoms with Gasteiger partial charge in [-0.3, -0.25) is 0 Å². The number of hydrogen-bond donors (Lipinski definition) is 1. The van der Waals surface area contributed by atoms with E-state index in [0.29, 0.717) is 0 Å². The van der Waals surface area contributed by atoms with E-state index in [4.69, 9.17) is 0 Å². The van der Waals surface area contributed by atoms with E-state index in [1.54, 1.807) is 0 Å². The molecule has 1 heteroatoms. The Labute approximate surface area is 76.9 Å². The molecule has 1 fully saturated rings. The number of rotatable bonds is 4. The Kier molecular flexibility index (Phi) is 4.67. The maximum atomic E-state index is 3.53. The first-order chi connectivity index (χ1) is 5.83. The van der Waals surface area contributed by atoms with Gasteiger partial charge in [0.1, 0.15) is 0 Å². The molecule has 0 aromatic carbocycles. The molecule has 0 spiro atoms. The lowest BCUT2D eigenvalue weighted by molar-refractivity contribution is 0.275. The van der Waals surface area contributed by atoms with Crippen molar-refractivity contribution in [3.05, 3.63) is 0 Å². The third-order valence-electron chi connectivity index (χ3n) is 2.90. The van der Waals surface area contributed by atoms with Crippen LogP contribution in [-0.4, -0.2) is 13.1 Å². The average molecular weight is 169 g/mol. The third-order valence-corrected chi connectivity index (χ3v) is 2.90. The van der Waals surface area contributed by atoms with Gasteiger partial charge in [-0.15, -0.1) is 0 Å². The van der Waals surface area contributed by atoms with E-state index in [9.17, 15) is 0 Å². The Morgan fingerprint density at radius 2 is 2.17 bits per heavy atom. The summed E-state index contributed by atoms with van der Waals surface area (Å²) in [6, 6.07) is 0. The highest BCUT2D eigenvalue weighted by Crippen LogP contribution is 2.27. The van der Waals surface area contributed by atoms with Crippen LogP contribution in [0.15, 0.2) is 0 Å². The zero-order valence-electron chi connectivity index (χ0n) is 8.60. The SMILES string of the molecule is CCCNCC1CCCC(C)C1. The van der Waals surface area contributed by atoms with E-state index in [0.717, 1.165) is 11.8 Å². The molecule has 0 heterocycles. The Morgan fingerprint density at radius 3 is 2.83 bits per heavy atom. The lowest BCUT2D eigenvalue weighted by atomic mass is 9.82. The summed E-state index contributed by atoms with van der Waals surface area (Å²) in [5.74, 6) is 1.95. The van der Waals surface area contributed by atoms with Gasteiger partial charge in [0.15, 0.2) is 0 Å². The molecule has 1 saturated carbocycles. The van der Waals surface area contributed by atoms with Crippen molar-refractivity contribution in [3.8, 4) is 0 Å². The van der Waals surface area contributed by atoms with Crippen LogP contribution in [0.4, 0.5) is 0 Å². The highest BCUT2D eigenvalue weighted by Gasteiger charge is 2.17. The third kappa shape index (κ3) is 3.57. The van der Waals surface area contributed by atoms with Crippen molar-refractivity contribution >= 4 is 0 Å². The summed E-state index contributed by atoms with van der Waals surface area (Å²) in [7, 11) is 0. The molecule has 0 radical (unpaired) electrons. The van der Waals surface area contributed by atoms with E-state index >= 15 is 0 Å². The van der Waals surface area contributed by atoms with Gasteiger partial charge in [-0.05, 0) is 44.2 Å². The molecule has 1 N–H and O–H groups in total. The Bertz CT molecular complexity index is 112. The summed E-state index contributed by atoms with van der Waals surface area (Å²) in [4.78, 5) is 0. The Balaban J connectivity index is 2.06. The van der Waals surface area contributed by atoms with Gasteiger partial charge in [-0.25, -0.2) is 0 Å². The summed E-state index contributed by atoms with van der Waals surface area (Å²) in [5, 5.41) is 3.53. The van der Waals surface area contributed by atoms with Crippen LogP contribution >= 0.6 is 0 Å². The van der Waals surface area contributed by atoms with Crippen molar-refractivity contribution in [2.45, 2.75) is 46.0 Å². The first kappa shape index (κ1) is 10.0. The number of hydrogen-bond acceptors (Lipinski definition) is 1. The fourth-order valence-electron chi connectivity index (χ4n) is 2.23. The Morgan fingerprint density at radius 1 is 1.33 bits per heavy atom. The lowest BCUT2D eigenvalue weighted by Crippen LogP contribution is -2.27. The Hall–Kier alpha value is -0.0400. The molecule has 1 rings (SSSR count). The van der Waals surface area contributed by atoms with Gasteiger partial charge in [-0.2, -0.15) is 0 Å². The minimum absolute atomic E-state index is 0.972. The zero-order valence-corrected chi connectivity index (χ0v) is 8.60. The van der Waals surface area contributed by atoms with E-state index in [1.807, 2.05) is 0 Å². The molecule has 1 nitrogen and oxygen atoms in total. The van der Waals surface area contributed by atoms with Gasteiger partial charge in [0, 0.05) is 0 Å². The second-order valence-corrected chi connectivity index (χ2v) is 4.34. The lowest BCUT2D eigenvalue weighted by Gasteiger charge is -2.26. The molecular weight excluding hydrogens is 146 g/mol. The molecule has 12 heavy (non-hydrogen) atoms. The molecule has 0 bridgehead atoms. The van der Waals surface area contributed by atoms with Crippen LogP contribution < -0.4 is 5.32 Å². The fraction of sp³-hybridized carbons (Fsp3) is 1.00. The van der Waals surface area contributed by atoms with Crippen molar-refractivity contribution in [3.63, 3.8) is 0 Å². The molecule has 2 atom stereocenters. The largest absolute Gasteiger partial charge is 0.316 e. The highest BCUT2D eigenvalue weighted by molar-refractivity contribution is 4.71. The summed E-state index contributed by atoms with van der Waals surface area (Å²) in [6.07, 6.45) is 7.10. The predicted octanol–water partition coefficient (Wildman–Crippen LogP) is 2.81. The van der Waals surface area contributed by atoms with E-state index in [2.05, 4.69) is 19.2 Å². The minimum atomic E-state index is 0.972. The van der Waals surface area contributed by atoms with Crippen molar-refractivity contribution < 1.29 is 0 Å². The molecule has 72 valence electrons. The summed E-state index contributed by atoms with van der Waals surface area (Å²) in [5.41, 5.74) is 0. The van der Waals surface area contributed by atoms with Crippen LogP contribution in [0.3, 0.4) is 0 Å². The van der Waals surface area contributed by atoms with Crippen LogP contribution in [0.25, 0.3) is 0 Å². The van der Waals surface area contributed by atoms with Crippen LogP contribution in [0.2, 0.25) is 0 Å². The van der Waals surface area contributed by atoms with Gasteiger partial charge >= 0.3 is 0 Å². The molecule has 1 aliphatic carbocycles. The van der Waals surface area contributed by atoms with Crippen molar-refractivity contribution in [2.75, 3.05) is 13.1 Å². The summed E-state index contributed by atoms with van der Waals surface area (Å²) >= 11 is 0. The van der Waals surface area contributed by atoms with Crippen molar-refractivity contribution in [1.29, 1.82) is 0 Å². The van der Waals surface area contributed by atoms with Gasteiger partial charge < -0.3 is 5.32 Å². The molecule has 0 saturated heterocycles. The molecule has 0 aliphatic heterocycles. The van der Waals surface area contributed by atoms with Crippen LogP contribution in [0.5, 0.6) is 0 Å². The first-order valence-corrected chi connectivity index (χ1v) is 5.53. The van der Waals surface area contributed by atoms with Gasteiger partial charge in [0.05, 0.1) is 0 Å². The quantitative estimate of drug-likeness (QED) is 0.638. The summed E-state index contributed by atoms with van der Waals surface area (Å²) < 4.78 is 0.